The number of carbonyl (C=O) groups is 1. The molecular weight excluding hydrogens is 506 g/mol. The number of hydrogen-bond acceptors (Lipinski definition) is 5. The highest BCUT2D eigenvalue weighted by atomic mass is 32.2. The van der Waals surface area contributed by atoms with Crippen LogP contribution >= 0.6 is 0 Å². The van der Waals surface area contributed by atoms with Gasteiger partial charge >= 0.3 is 0 Å². The van der Waals surface area contributed by atoms with E-state index in [0.717, 1.165) is 18.7 Å². The largest absolute Gasteiger partial charge is 0.348 e. The number of nitrogens with zero attached hydrogens (tertiary/aromatic N) is 2. The van der Waals surface area contributed by atoms with Gasteiger partial charge in [-0.15, -0.1) is 0 Å². The van der Waals surface area contributed by atoms with Gasteiger partial charge in [-0.25, -0.2) is 8.42 Å². The average molecular weight is 544 g/mol. The molecular formula is C32H37N3O3S. The van der Waals surface area contributed by atoms with Gasteiger partial charge in [0.25, 0.3) is 5.91 Å². The summed E-state index contributed by atoms with van der Waals surface area (Å²) in [7, 11) is -3.25. The number of rotatable bonds is 8. The molecule has 1 heterocycles. The number of carbonyl (C=O) groups excluding carboxylic acids is 1. The smallest absolute Gasteiger partial charge is 0.251 e. The van der Waals surface area contributed by atoms with Crippen molar-refractivity contribution in [2.45, 2.75) is 64.1 Å². The quantitative estimate of drug-likeness (QED) is 0.389. The van der Waals surface area contributed by atoms with E-state index in [2.05, 4.69) is 50.0 Å². The lowest BCUT2D eigenvalue weighted by molar-refractivity contribution is 0.0944. The van der Waals surface area contributed by atoms with Crippen molar-refractivity contribution < 1.29 is 13.2 Å². The van der Waals surface area contributed by atoms with Crippen molar-refractivity contribution in [1.82, 2.24) is 10.2 Å². The van der Waals surface area contributed by atoms with E-state index in [4.69, 9.17) is 5.26 Å². The molecule has 1 aliphatic heterocycles. The minimum atomic E-state index is -3.25. The molecule has 6 nitrogen and oxygen atoms in total. The molecule has 0 aromatic heterocycles. The molecule has 1 unspecified atom stereocenters. The molecule has 3 aromatic carbocycles. The average Bonchev–Trinajstić information content (AvgIpc) is 2.91. The Morgan fingerprint density at radius 1 is 1.05 bits per heavy atom. The molecule has 204 valence electrons. The van der Waals surface area contributed by atoms with E-state index in [-0.39, 0.29) is 23.1 Å². The summed E-state index contributed by atoms with van der Waals surface area (Å²) in [4.78, 5) is 15.9. The molecule has 0 fully saturated rings. The van der Waals surface area contributed by atoms with E-state index in [9.17, 15) is 13.2 Å². The fraction of sp³-hybridized carbons (Fsp3) is 0.375. The van der Waals surface area contributed by atoms with Crippen molar-refractivity contribution in [3.05, 3.63) is 100 Å². The summed E-state index contributed by atoms with van der Waals surface area (Å²) in [6, 6.07) is 22.9. The fourth-order valence-corrected chi connectivity index (χ4v) is 6.43. The predicted molar refractivity (Wildman–Crippen MR) is 154 cm³/mol. The zero-order valence-corrected chi connectivity index (χ0v) is 24.2. The summed E-state index contributed by atoms with van der Waals surface area (Å²) in [6.07, 6.45) is 0. The number of sulfone groups is 1. The standard InChI is InChI=1S/C32H37N3O3S/c1-6-39(37,38)27-14-11-24(12-15-27)19-34-31(36)26-13-16-28-29(17-26)32(4,5)21-35(30(28)22(2)3)20-25-9-7-23(18-33)8-10-25/h7-17,22,30H,6,19-21H2,1-5H3,(H,34,36). The first-order valence-corrected chi connectivity index (χ1v) is 15.1. The van der Waals surface area contributed by atoms with Crippen LogP contribution in [0.1, 0.15) is 78.8 Å². The van der Waals surface area contributed by atoms with Crippen LogP contribution in [0.4, 0.5) is 0 Å². The van der Waals surface area contributed by atoms with Gasteiger partial charge < -0.3 is 5.32 Å². The van der Waals surface area contributed by atoms with Crippen molar-refractivity contribution in [3.8, 4) is 6.07 Å². The van der Waals surface area contributed by atoms with Crippen molar-refractivity contribution >= 4 is 15.7 Å². The zero-order valence-electron chi connectivity index (χ0n) is 23.4. The lowest BCUT2D eigenvalue weighted by Crippen LogP contribution is -2.46. The summed E-state index contributed by atoms with van der Waals surface area (Å²) in [5.74, 6) is 0.278. The predicted octanol–water partition coefficient (Wildman–Crippen LogP) is 5.77. The Kier molecular flexibility index (Phi) is 8.29. The summed E-state index contributed by atoms with van der Waals surface area (Å²) < 4.78 is 24.1. The Hall–Kier alpha value is -3.47. The third kappa shape index (κ3) is 6.24. The van der Waals surface area contributed by atoms with Gasteiger partial charge in [-0.05, 0) is 64.6 Å². The highest BCUT2D eigenvalue weighted by molar-refractivity contribution is 7.91. The maximum atomic E-state index is 13.1. The molecule has 0 spiro atoms. The summed E-state index contributed by atoms with van der Waals surface area (Å²) in [5.41, 5.74) is 5.58. The van der Waals surface area contributed by atoms with Crippen LogP contribution in [-0.2, 0) is 28.3 Å². The lowest BCUT2D eigenvalue weighted by atomic mass is 9.73. The fourth-order valence-electron chi connectivity index (χ4n) is 5.55. The number of hydrogen-bond donors (Lipinski definition) is 1. The molecule has 4 rings (SSSR count). The van der Waals surface area contributed by atoms with Gasteiger partial charge in [0, 0.05) is 36.7 Å². The van der Waals surface area contributed by atoms with Crippen LogP contribution in [0.25, 0.3) is 0 Å². The van der Waals surface area contributed by atoms with Crippen LogP contribution in [0, 0.1) is 17.2 Å². The van der Waals surface area contributed by atoms with E-state index in [1.54, 1.807) is 31.2 Å². The molecule has 39 heavy (non-hydrogen) atoms. The molecule has 7 heteroatoms. The van der Waals surface area contributed by atoms with Crippen LogP contribution in [0.5, 0.6) is 0 Å². The minimum Gasteiger partial charge on any atom is -0.348 e. The van der Waals surface area contributed by atoms with Crippen LogP contribution < -0.4 is 5.32 Å². The Bertz CT molecular complexity index is 1490. The zero-order chi connectivity index (χ0) is 28.4. The van der Waals surface area contributed by atoms with Gasteiger partial charge in [0.1, 0.15) is 0 Å². The van der Waals surface area contributed by atoms with Crippen molar-refractivity contribution in [1.29, 1.82) is 5.26 Å². The van der Waals surface area contributed by atoms with Gasteiger partial charge in [-0.2, -0.15) is 5.26 Å². The summed E-state index contributed by atoms with van der Waals surface area (Å²) >= 11 is 0. The van der Waals surface area contributed by atoms with E-state index in [1.165, 1.54) is 16.7 Å². The number of benzene rings is 3. The maximum Gasteiger partial charge on any atom is 0.251 e. The van der Waals surface area contributed by atoms with E-state index in [1.807, 2.05) is 36.4 Å². The van der Waals surface area contributed by atoms with Gasteiger partial charge in [-0.1, -0.05) is 65.0 Å². The number of nitriles is 1. The van der Waals surface area contributed by atoms with Gasteiger partial charge in [0.2, 0.25) is 0 Å². The Balaban J connectivity index is 1.53. The molecule has 1 aliphatic rings. The normalized spacial score (nSPS) is 16.9. The molecule has 1 atom stereocenters. The van der Waals surface area contributed by atoms with Gasteiger partial charge in [0.05, 0.1) is 22.3 Å². The summed E-state index contributed by atoms with van der Waals surface area (Å²) in [6.45, 7) is 12.5. The molecule has 1 amide bonds. The Labute approximate surface area is 232 Å². The Morgan fingerprint density at radius 2 is 1.69 bits per heavy atom. The first-order chi connectivity index (χ1) is 18.4. The van der Waals surface area contributed by atoms with Crippen molar-refractivity contribution in [2.75, 3.05) is 12.3 Å². The topological polar surface area (TPSA) is 90.3 Å². The first kappa shape index (κ1) is 28.5. The Morgan fingerprint density at radius 3 is 2.28 bits per heavy atom. The van der Waals surface area contributed by atoms with Crippen molar-refractivity contribution in [3.63, 3.8) is 0 Å². The monoisotopic (exact) mass is 543 g/mol. The number of amides is 1. The second-order valence-corrected chi connectivity index (χ2v) is 13.6. The second-order valence-electron chi connectivity index (χ2n) is 11.3. The lowest BCUT2D eigenvalue weighted by Gasteiger charge is -2.47. The molecule has 0 aliphatic carbocycles. The SMILES string of the molecule is CCS(=O)(=O)c1ccc(CNC(=O)c2ccc3c(c2)C(C)(C)CN(Cc2ccc(C#N)cc2)C3C(C)C)cc1. The molecule has 0 radical (unpaired) electrons. The van der Waals surface area contributed by atoms with Crippen LogP contribution in [0.2, 0.25) is 0 Å². The van der Waals surface area contributed by atoms with Crippen LogP contribution in [0.3, 0.4) is 0 Å². The highest BCUT2D eigenvalue weighted by Gasteiger charge is 2.39. The number of nitrogens with one attached hydrogen (secondary N) is 1. The first-order valence-electron chi connectivity index (χ1n) is 13.4. The minimum absolute atomic E-state index is 0.0582. The molecule has 0 saturated heterocycles. The number of fused-ring (bicyclic) bond motifs is 1. The van der Waals surface area contributed by atoms with E-state index >= 15 is 0 Å². The maximum absolute atomic E-state index is 13.1. The third-order valence-electron chi connectivity index (χ3n) is 7.57. The molecule has 1 N–H and O–H groups in total. The van der Waals surface area contributed by atoms with Crippen LogP contribution in [-0.4, -0.2) is 31.5 Å². The molecule has 0 saturated carbocycles. The second kappa shape index (κ2) is 11.3. The molecule has 0 bridgehead atoms. The third-order valence-corrected chi connectivity index (χ3v) is 9.32. The molecule has 3 aromatic rings. The van der Waals surface area contributed by atoms with Crippen molar-refractivity contribution in [2.24, 2.45) is 5.92 Å². The van der Waals surface area contributed by atoms with Crippen LogP contribution in [0.15, 0.2) is 71.6 Å². The van der Waals surface area contributed by atoms with Gasteiger partial charge in [0.15, 0.2) is 9.84 Å². The van der Waals surface area contributed by atoms with E-state index in [0.29, 0.717) is 28.5 Å². The highest BCUT2D eigenvalue weighted by Crippen LogP contribution is 2.43. The van der Waals surface area contributed by atoms with Gasteiger partial charge in [-0.3, -0.25) is 9.69 Å². The summed E-state index contributed by atoms with van der Waals surface area (Å²) in [5, 5.41) is 12.1. The van der Waals surface area contributed by atoms with E-state index < -0.39 is 9.84 Å².